The van der Waals surface area contributed by atoms with Gasteiger partial charge in [0, 0.05) is 6.20 Å². The Labute approximate surface area is 108 Å². The smallest absolute Gasteiger partial charge is 0.129 e. The predicted molar refractivity (Wildman–Crippen MR) is 69.9 cm³/mol. The summed E-state index contributed by atoms with van der Waals surface area (Å²) in [5, 5.41) is 10.8. The van der Waals surface area contributed by atoms with Crippen LogP contribution in [0.4, 0.5) is 0 Å². The highest BCUT2D eigenvalue weighted by atomic mass is 35.5. The zero-order valence-electron chi connectivity index (χ0n) is 10.3. The highest BCUT2D eigenvalue weighted by Crippen LogP contribution is 2.38. The largest absolute Gasteiger partial charge is 0.388 e. The van der Waals surface area contributed by atoms with Crippen molar-refractivity contribution >= 4 is 11.6 Å². The van der Waals surface area contributed by atoms with Crippen molar-refractivity contribution in [3.8, 4) is 0 Å². The Hall–Kier alpha value is -0.600. The molecule has 0 aromatic carbocycles. The first-order valence-electron chi connectivity index (χ1n) is 6.50. The summed E-state index contributed by atoms with van der Waals surface area (Å²) in [6.07, 6.45) is 7.36. The Morgan fingerprint density at radius 2 is 2.29 bits per heavy atom. The number of halogens is 1. The van der Waals surface area contributed by atoms with Crippen molar-refractivity contribution in [1.29, 1.82) is 0 Å². The highest BCUT2D eigenvalue weighted by molar-refractivity contribution is 6.29. The monoisotopic (exact) mass is 253 g/mol. The van der Waals surface area contributed by atoms with E-state index in [0.29, 0.717) is 11.1 Å². The minimum atomic E-state index is -0.380. The summed E-state index contributed by atoms with van der Waals surface area (Å²) in [6, 6.07) is 3.63. The molecule has 1 saturated carbocycles. The van der Waals surface area contributed by atoms with Crippen LogP contribution in [0.3, 0.4) is 0 Å². The number of aromatic nitrogens is 1. The van der Waals surface area contributed by atoms with E-state index in [1.54, 1.807) is 12.3 Å². The van der Waals surface area contributed by atoms with E-state index in [-0.39, 0.29) is 6.10 Å². The molecular weight excluding hydrogens is 234 g/mol. The van der Waals surface area contributed by atoms with E-state index in [4.69, 9.17) is 11.6 Å². The lowest BCUT2D eigenvalue weighted by Gasteiger charge is -2.31. The third-order valence-electron chi connectivity index (χ3n) is 3.94. The normalized spacial score (nSPS) is 26.8. The van der Waals surface area contributed by atoms with Crippen LogP contribution in [-0.2, 0) is 0 Å². The van der Waals surface area contributed by atoms with Gasteiger partial charge in [-0.1, -0.05) is 43.9 Å². The van der Waals surface area contributed by atoms with Gasteiger partial charge in [-0.15, -0.1) is 0 Å². The molecule has 0 radical (unpaired) electrons. The molecule has 1 aliphatic rings. The van der Waals surface area contributed by atoms with Crippen LogP contribution in [-0.4, -0.2) is 10.1 Å². The van der Waals surface area contributed by atoms with E-state index in [0.717, 1.165) is 24.3 Å². The van der Waals surface area contributed by atoms with Crippen LogP contribution in [0, 0.1) is 11.8 Å². The first-order chi connectivity index (χ1) is 8.20. The molecule has 1 aromatic rings. The van der Waals surface area contributed by atoms with E-state index in [2.05, 4.69) is 11.9 Å². The van der Waals surface area contributed by atoms with Gasteiger partial charge in [-0.2, -0.15) is 0 Å². The van der Waals surface area contributed by atoms with Crippen molar-refractivity contribution < 1.29 is 5.11 Å². The van der Waals surface area contributed by atoms with Crippen LogP contribution >= 0.6 is 11.6 Å². The zero-order valence-corrected chi connectivity index (χ0v) is 11.0. The lowest BCUT2D eigenvalue weighted by molar-refractivity contribution is 0.0675. The van der Waals surface area contributed by atoms with Gasteiger partial charge in [0.15, 0.2) is 0 Å². The van der Waals surface area contributed by atoms with Gasteiger partial charge in [-0.25, -0.2) is 4.98 Å². The average Bonchev–Trinajstić information content (AvgIpc) is 2.39. The van der Waals surface area contributed by atoms with Crippen molar-refractivity contribution in [3.05, 3.63) is 29.0 Å². The van der Waals surface area contributed by atoms with Gasteiger partial charge in [0.05, 0.1) is 6.10 Å². The van der Waals surface area contributed by atoms with Crippen molar-refractivity contribution in [1.82, 2.24) is 4.98 Å². The van der Waals surface area contributed by atoms with Gasteiger partial charge in [-0.3, -0.25) is 0 Å². The van der Waals surface area contributed by atoms with Crippen LogP contribution in [0.1, 0.15) is 50.7 Å². The molecule has 3 unspecified atom stereocenters. The molecule has 3 heteroatoms. The number of rotatable bonds is 3. The maximum absolute atomic E-state index is 10.4. The molecule has 0 saturated heterocycles. The van der Waals surface area contributed by atoms with Crippen LogP contribution in [0.25, 0.3) is 0 Å². The molecule has 0 bridgehead atoms. The van der Waals surface area contributed by atoms with Crippen molar-refractivity contribution in [2.45, 2.75) is 45.1 Å². The van der Waals surface area contributed by atoms with E-state index < -0.39 is 0 Å². The highest BCUT2D eigenvalue weighted by Gasteiger charge is 2.27. The molecule has 1 N–H and O–H groups in total. The molecule has 0 spiro atoms. The lowest BCUT2D eigenvalue weighted by Crippen LogP contribution is -2.21. The molecule has 0 aliphatic heterocycles. The fraction of sp³-hybridized carbons (Fsp3) is 0.643. The Morgan fingerprint density at radius 3 is 2.94 bits per heavy atom. The topological polar surface area (TPSA) is 33.1 Å². The number of hydrogen-bond donors (Lipinski definition) is 1. The molecule has 1 heterocycles. The third kappa shape index (κ3) is 3.20. The summed E-state index contributed by atoms with van der Waals surface area (Å²) in [5.41, 5.74) is 0.899. The maximum Gasteiger partial charge on any atom is 0.129 e. The van der Waals surface area contributed by atoms with Crippen molar-refractivity contribution in [2.75, 3.05) is 0 Å². The van der Waals surface area contributed by atoms with E-state index in [1.807, 2.05) is 6.07 Å². The SMILES string of the molecule is CCC1CCCC(C(O)c2ccc(Cl)nc2)C1. The van der Waals surface area contributed by atoms with E-state index >= 15 is 0 Å². The molecule has 0 amide bonds. The van der Waals surface area contributed by atoms with Gasteiger partial charge in [-0.05, 0) is 36.3 Å². The molecule has 2 rings (SSSR count). The molecular formula is C14H20ClNO. The molecule has 2 nitrogen and oxygen atoms in total. The first kappa shape index (κ1) is 12.8. The molecule has 3 atom stereocenters. The fourth-order valence-corrected chi connectivity index (χ4v) is 2.94. The summed E-state index contributed by atoms with van der Waals surface area (Å²) in [6.45, 7) is 2.24. The first-order valence-corrected chi connectivity index (χ1v) is 6.88. The molecule has 1 aliphatic carbocycles. The van der Waals surface area contributed by atoms with Crippen molar-refractivity contribution in [2.24, 2.45) is 11.8 Å². The van der Waals surface area contributed by atoms with Gasteiger partial charge in [0.1, 0.15) is 5.15 Å². The standard InChI is InChI=1S/C14H20ClNO/c1-2-10-4-3-5-11(8-10)14(17)12-6-7-13(15)16-9-12/h6-7,9-11,14,17H,2-5,8H2,1H3. The number of hydrogen-bond acceptors (Lipinski definition) is 2. The summed E-state index contributed by atoms with van der Waals surface area (Å²) in [7, 11) is 0. The molecule has 17 heavy (non-hydrogen) atoms. The summed E-state index contributed by atoms with van der Waals surface area (Å²) >= 11 is 5.76. The Balaban J connectivity index is 2.03. The summed E-state index contributed by atoms with van der Waals surface area (Å²) in [4.78, 5) is 4.04. The minimum absolute atomic E-state index is 0.380. The number of nitrogens with zero attached hydrogens (tertiary/aromatic N) is 1. The Morgan fingerprint density at radius 1 is 1.47 bits per heavy atom. The Bertz CT molecular complexity index is 352. The van der Waals surface area contributed by atoms with Crippen molar-refractivity contribution in [3.63, 3.8) is 0 Å². The van der Waals surface area contributed by atoms with Gasteiger partial charge in [0.2, 0.25) is 0 Å². The maximum atomic E-state index is 10.4. The number of aliphatic hydroxyl groups excluding tert-OH is 1. The average molecular weight is 254 g/mol. The quantitative estimate of drug-likeness (QED) is 0.827. The second-order valence-corrected chi connectivity index (χ2v) is 5.45. The van der Waals surface area contributed by atoms with Crippen LogP contribution < -0.4 is 0 Å². The lowest BCUT2D eigenvalue weighted by atomic mass is 9.76. The van der Waals surface area contributed by atoms with Gasteiger partial charge in [0.25, 0.3) is 0 Å². The van der Waals surface area contributed by atoms with E-state index in [9.17, 15) is 5.11 Å². The molecule has 1 fully saturated rings. The second-order valence-electron chi connectivity index (χ2n) is 5.06. The van der Waals surface area contributed by atoms with Crippen LogP contribution in [0.15, 0.2) is 18.3 Å². The second kappa shape index (κ2) is 5.83. The zero-order chi connectivity index (χ0) is 12.3. The third-order valence-corrected chi connectivity index (χ3v) is 4.16. The molecule has 94 valence electrons. The minimum Gasteiger partial charge on any atom is -0.388 e. The van der Waals surface area contributed by atoms with Crippen LogP contribution in [0.5, 0.6) is 0 Å². The van der Waals surface area contributed by atoms with Gasteiger partial charge >= 0.3 is 0 Å². The number of pyridine rings is 1. The number of aliphatic hydroxyl groups is 1. The van der Waals surface area contributed by atoms with E-state index in [1.165, 1.54) is 19.3 Å². The van der Waals surface area contributed by atoms with Crippen LogP contribution in [0.2, 0.25) is 5.15 Å². The predicted octanol–water partition coefficient (Wildman–Crippen LogP) is 3.98. The fourth-order valence-electron chi connectivity index (χ4n) is 2.82. The Kier molecular flexibility index (Phi) is 4.41. The summed E-state index contributed by atoms with van der Waals surface area (Å²) < 4.78 is 0. The van der Waals surface area contributed by atoms with Gasteiger partial charge < -0.3 is 5.11 Å². The molecule has 1 aromatic heterocycles. The summed E-state index contributed by atoms with van der Waals surface area (Å²) in [5.74, 6) is 1.17.